The minimum atomic E-state index is -0.235. The Kier molecular flexibility index (Phi) is 9.87. The molecule has 1 fully saturated rings. The van der Waals surface area contributed by atoms with E-state index in [0.717, 1.165) is 45.7 Å². The molecule has 0 aliphatic carbocycles. The quantitative estimate of drug-likeness (QED) is 0.569. The molecule has 0 bridgehead atoms. The van der Waals surface area contributed by atoms with E-state index >= 15 is 0 Å². The first-order valence-corrected chi connectivity index (χ1v) is 8.86. The number of carbonyl (C=O) groups excluding carboxylic acids is 2. The van der Waals surface area contributed by atoms with Gasteiger partial charge in [-0.3, -0.25) is 14.5 Å². The molecule has 0 aromatic carbocycles. The van der Waals surface area contributed by atoms with Gasteiger partial charge >= 0.3 is 5.97 Å². The molecule has 0 spiro atoms. The average molecular weight is 328 g/mol. The fourth-order valence-electron chi connectivity index (χ4n) is 2.77. The summed E-state index contributed by atoms with van der Waals surface area (Å²) in [6.07, 6.45) is 1.94. The van der Waals surface area contributed by atoms with E-state index in [2.05, 4.69) is 4.90 Å². The Morgan fingerprint density at radius 3 is 2.35 bits per heavy atom. The molecule has 1 aliphatic rings. The van der Waals surface area contributed by atoms with Crippen LogP contribution in [0.3, 0.4) is 0 Å². The van der Waals surface area contributed by atoms with Gasteiger partial charge in [0.15, 0.2) is 0 Å². The summed E-state index contributed by atoms with van der Waals surface area (Å²) in [5, 5.41) is 0. The minimum absolute atomic E-state index is 0.0434. The zero-order chi connectivity index (χ0) is 17.1. The first-order chi connectivity index (χ1) is 11.1. The zero-order valence-electron chi connectivity index (χ0n) is 14.9. The van der Waals surface area contributed by atoms with Crippen molar-refractivity contribution in [2.24, 2.45) is 5.92 Å². The fraction of sp³-hybridized carbons (Fsp3) is 0.882. The highest BCUT2D eigenvalue weighted by atomic mass is 16.5. The smallest absolute Gasteiger partial charge is 0.307 e. The Bertz CT molecular complexity index is 353. The molecule has 0 aromatic heterocycles. The molecule has 0 aromatic rings. The summed E-state index contributed by atoms with van der Waals surface area (Å²) in [6, 6.07) is 0. The van der Waals surface area contributed by atoms with Crippen LogP contribution < -0.4 is 0 Å². The van der Waals surface area contributed by atoms with Crippen LogP contribution in [0.1, 0.15) is 40.0 Å². The Morgan fingerprint density at radius 2 is 1.78 bits per heavy atom. The van der Waals surface area contributed by atoms with E-state index in [0.29, 0.717) is 19.7 Å². The van der Waals surface area contributed by atoms with Crippen LogP contribution in [0.15, 0.2) is 0 Å². The monoisotopic (exact) mass is 328 g/mol. The Morgan fingerprint density at radius 1 is 1.13 bits per heavy atom. The normalized spacial score (nSPS) is 15.7. The van der Waals surface area contributed by atoms with Crippen LogP contribution in [0.2, 0.25) is 0 Å². The molecule has 0 radical (unpaired) electrons. The van der Waals surface area contributed by atoms with Crippen LogP contribution in [0, 0.1) is 5.92 Å². The third-order valence-corrected chi connectivity index (χ3v) is 4.33. The maximum absolute atomic E-state index is 12.7. The molecule has 23 heavy (non-hydrogen) atoms. The van der Waals surface area contributed by atoms with Gasteiger partial charge in [0.05, 0.1) is 26.2 Å². The number of rotatable bonds is 10. The topological polar surface area (TPSA) is 59.1 Å². The van der Waals surface area contributed by atoms with Crippen LogP contribution in [0.25, 0.3) is 0 Å². The van der Waals surface area contributed by atoms with Gasteiger partial charge in [0.1, 0.15) is 0 Å². The van der Waals surface area contributed by atoms with E-state index in [1.807, 2.05) is 18.7 Å². The lowest BCUT2D eigenvalue weighted by atomic mass is 10.0. The van der Waals surface area contributed by atoms with E-state index in [1.54, 1.807) is 6.92 Å². The number of hydrogen-bond donors (Lipinski definition) is 0. The van der Waals surface area contributed by atoms with Gasteiger partial charge in [-0.25, -0.2) is 0 Å². The van der Waals surface area contributed by atoms with Crippen molar-refractivity contribution in [3.8, 4) is 0 Å². The molecule has 0 atom stereocenters. The molecule has 1 rings (SSSR count). The maximum Gasteiger partial charge on any atom is 0.307 e. The van der Waals surface area contributed by atoms with Crippen LogP contribution in [-0.4, -0.2) is 74.2 Å². The third-order valence-electron chi connectivity index (χ3n) is 4.33. The Hall–Kier alpha value is -1.14. The van der Waals surface area contributed by atoms with Crippen molar-refractivity contribution in [1.82, 2.24) is 9.80 Å². The Balaban J connectivity index is 2.55. The summed E-state index contributed by atoms with van der Waals surface area (Å²) in [7, 11) is 0. The highest BCUT2D eigenvalue weighted by Crippen LogP contribution is 2.13. The standard InChI is InChI=1S/C17H32N2O4/c1-4-15(5-2)17(21)19(8-7-16(20)23-6-3)10-9-18-11-13-22-14-12-18/h15H,4-14H2,1-3H3. The minimum Gasteiger partial charge on any atom is -0.466 e. The van der Waals surface area contributed by atoms with Crippen LogP contribution in [-0.2, 0) is 19.1 Å². The Labute approximate surface area is 140 Å². The van der Waals surface area contributed by atoms with E-state index in [1.165, 1.54) is 0 Å². The van der Waals surface area contributed by atoms with E-state index in [4.69, 9.17) is 9.47 Å². The summed E-state index contributed by atoms with van der Waals surface area (Å²) in [5.41, 5.74) is 0. The molecule has 134 valence electrons. The molecular formula is C17H32N2O4. The van der Waals surface area contributed by atoms with Crippen LogP contribution in [0.4, 0.5) is 0 Å². The average Bonchev–Trinajstić information content (AvgIpc) is 2.57. The summed E-state index contributed by atoms with van der Waals surface area (Å²) in [5.74, 6) is -0.0318. The fourth-order valence-corrected chi connectivity index (χ4v) is 2.77. The first-order valence-electron chi connectivity index (χ1n) is 8.86. The first kappa shape index (κ1) is 19.9. The van der Waals surface area contributed by atoms with E-state index < -0.39 is 0 Å². The molecule has 1 saturated heterocycles. The predicted octanol–water partition coefficient (Wildman–Crippen LogP) is 1.54. The number of hydrogen-bond acceptors (Lipinski definition) is 5. The number of nitrogens with zero attached hydrogens (tertiary/aromatic N) is 2. The van der Waals surface area contributed by atoms with Gasteiger partial charge in [0, 0.05) is 38.6 Å². The van der Waals surface area contributed by atoms with Gasteiger partial charge in [0.2, 0.25) is 5.91 Å². The summed E-state index contributed by atoms with van der Waals surface area (Å²) in [4.78, 5) is 28.4. The highest BCUT2D eigenvalue weighted by Gasteiger charge is 2.23. The van der Waals surface area contributed by atoms with Crippen molar-refractivity contribution in [2.45, 2.75) is 40.0 Å². The van der Waals surface area contributed by atoms with Crippen molar-refractivity contribution in [3.05, 3.63) is 0 Å². The second-order valence-corrected chi connectivity index (χ2v) is 5.85. The molecule has 0 unspecified atom stereocenters. The van der Waals surface area contributed by atoms with E-state index in [-0.39, 0.29) is 24.2 Å². The van der Waals surface area contributed by atoms with Gasteiger partial charge in [0.25, 0.3) is 0 Å². The molecule has 1 aliphatic heterocycles. The lowest BCUT2D eigenvalue weighted by Crippen LogP contribution is -2.45. The number of esters is 1. The summed E-state index contributed by atoms with van der Waals surface area (Å²) >= 11 is 0. The van der Waals surface area contributed by atoms with Crippen molar-refractivity contribution < 1.29 is 19.1 Å². The number of ether oxygens (including phenoxy) is 2. The van der Waals surface area contributed by atoms with E-state index in [9.17, 15) is 9.59 Å². The second-order valence-electron chi connectivity index (χ2n) is 5.85. The van der Waals surface area contributed by atoms with Crippen molar-refractivity contribution in [2.75, 3.05) is 52.5 Å². The molecule has 1 heterocycles. The molecule has 6 heteroatoms. The van der Waals surface area contributed by atoms with Gasteiger partial charge in [-0.2, -0.15) is 0 Å². The SMILES string of the molecule is CCOC(=O)CCN(CCN1CCOCC1)C(=O)C(CC)CC. The van der Waals surface area contributed by atoms with Gasteiger partial charge in [-0.1, -0.05) is 13.8 Å². The number of morpholine rings is 1. The second kappa shape index (κ2) is 11.4. The summed E-state index contributed by atoms with van der Waals surface area (Å²) in [6.45, 7) is 11.5. The highest BCUT2D eigenvalue weighted by molar-refractivity contribution is 5.79. The van der Waals surface area contributed by atoms with Crippen LogP contribution >= 0.6 is 0 Å². The number of carbonyl (C=O) groups is 2. The molecule has 1 amide bonds. The number of amides is 1. The third kappa shape index (κ3) is 7.31. The van der Waals surface area contributed by atoms with Gasteiger partial charge < -0.3 is 14.4 Å². The summed E-state index contributed by atoms with van der Waals surface area (Å²) < 4.78 is 10.3. The molecular weight excluding hydrogens is 296 g/mol. The lowest BCUT2D eigenvalue weighted by molar-refractivity contribution is -0.144. The maximum atomic E-state index is 12.7. The van der Waals surface area contributed by atoms with Crippen LogP contribution in [0.5, 0.6) is 0 Å². The molecule has 0 N–H and O–H groups in total. The largest absolute Gasteiger partial charge is 0.466 e. The van der Waals surface area contributed by atoms with Crippen molar-refractivity contribution >= 4 is 11.9 Å². The van der Waals surface area contributed by atoms with Crippen molar-refractivity contribution in [3.63, 3.8) is 0 Å². The van der Waals surface area contributed by atoms with Gasteiger partial charge in [-0.15, -0.1) is 0 Å². The predicted molar refractivity (Wildman–Crippen MR) is 89.2 cm³/mol. The van der Waals surface area contributed by atoms with Gasteiger partial charge in [-0.05, 0) is 19.8 Å². The lowest BCUT2D eigenvalue weighted by Gasteiger charge is -2.31. The zero-order valence-corrected chi connectivity index (χ0v) is 14.9. The molecule has 0 saturated carbocycles. The molecule has 6 nitrogen and oxygen atoms in total. The van der Waals surface area contributed by atoms with Crippen molar-refractivity contribution in [1.29, 1.82) is 0 Å².